The van der Waals surface area contributed by atoms with E-state index in [1.54, 1.807) is 29.9 Å². The zero-order chi connectivity index (χ0) is 21.9. The smallest absolute Gasteiger partial charge is 0.322 e. The molecule has 0 fully saturated rings. The Morgan fingerprint density at radius 2 is 1.63 bits per heavy atom. The van der Waals surface area contributed by atoms with Gasteiger partial charge in [0.2, 0.25) is 0 Å². The SMILES string of the molecule is CCn1cc(C(=O)Nc2cccc(C(=O)Nc3cccc(C(F)(F)F)c3)c2)c(C)n1. The normalized spacial score (nSPS) is 11.2. The molecular formula is C21H19F3N4O2. The molecular weight excluding hydrogens is 397 g/mol. The molecule has 30 heavy (non-hydrogen) atoms. The highest BCUT2D eigenvalue weighted by Crippen LogP contribution is 2.30. The third-order valence-corrected chi connectivity index (χ3v) is 4.35. The molecule has 0 saturated carbocycles. The maximum absolute atomic E-state index is 12.8. The quantitative estimate of drug-likeness (QED) is 0.631. The van der Waals surface area contributed by atoms with Crippen LogP contribution in [0.5, 0.6) is 0 Å². The zero-order valence-corrected chi connectivity index (χ0v) is 16.2. The number of halogens is 3. The minimum absolute atomic E-state index is 0.0202. The minimum atomic E-state index is -4.51. The highest BCUT2D eigenvalue weighted by molar-refractivity contribution is 6.07. The van der Waals surface area contributed by atoms with Gasteiger partial charge >= 0.3 is 6.18 Å². The molecule has 1 heterocycles. The van der Waals surface area contributed by atoms with E-state index in [4.69, 9.17) is 0 Å². The average Bonchev–Trinajstić information content (AvgIpc) is 3.09. The van der Waals surface area contributed by atoms with Crippen molar-refractivity contribution < 1.29 is 22.8 Å². The highest BCUT2D eigenvalue weighted by Gasteiger charge is 2.30. The van der Waals surface area contributed by atoms with Crippen molar-refractivity contribution in [3.05, 3.63) is 77.1 Å². The number of alkyl halides is 3. The molecule has 0 unspecified atom stereocenters. The van der Waals surface area contributed by atoms with Crippen LogP contribution in [0, 0.1) is 6.92 Å². The number of carbonyl (C=O) groups excluding carboxylic acids is 2. The van der Waals surface area contributed by atoms with Crippen LogP contribution in [-0.4, -0.2) is 21.6 Å². The molecule has 3 rings (SSSR count). The number of amides is 2. The van der Waals surface area contributed by atoms with Crippen LogP contribution in [0.3, 0.4) is 0 Å². The molecule has 0 radical (unpaired) electrons. The van der Waals surface area contributed by atoms with Crippen LogP contribution >= 0.6 is 0 Å². The predicted molar refractivity (Wildman–Crippen MR) is 106 cm³/mol. The number of hydrogen-bond acceptors (Lipinski definition) is 3. The summed E-state index contributed by atoms with van der Waals surface area (Å²) in [5.41, 5.74) is 0.714. The fraction of sp³-hybridized carbons (Fsp3) is 0.190. The predicted octanol–water partition coefficient (Wildman–Crippen LogP) is 4.73. The van der Waals surface area contributed by atoms with Crippen molar-refractivity contribution in [1.82, 2.24) is 9.78 Å². The van der Waals surface area contributed by atoms with Gasteiger partial charge in [-0.2, -0.15) is 18.3 Å². The maximum atomic E-state index is 12.8. The van der Waals surface area contributed by atoms with E-state index in [9.17, 15) is 22.8 Å². The Hall–Kier alpha value is -3.62. The van der Waals surface area contributed by atoms with Gasteiger partial charge in [0.25, 0.3) is 11.8 Å². The van der Waals surface area contributed by atoms with Gasteiger partial charge in [0.1, 0.15) is 0 Å². The van der Waals surface area contributed by atoms with Crippen LogP contribution in [0.15, 0.2) is 54.7 Å². The number of aryl methyl sites for hydroxylation is 2. The summed E-state index contributed by atoms with van der Waals surface area (Å²) < 4.78 is 40.2. The molecule has 0 spiro atoms. The van der Waals surface area contributed by atoms with Crippen LogP contribution in [0.1, 0.15) is 38.9 Å². The summed E-state index contributed by atoms with van der Waals surface area (Å²) in [6.07, 6.45) is -2.87. The molecule has 6 nitrogen and oxygen atoms in total. The van der Waals surface area contributed by atoms with E-state index < -0.39 is 17.6 Å². The summed E-state index contributed by atoms with van der Waals surface area (Å²) in [4.78, 5) is 25.0. The Labute approximate surface area is 170 Å². The highest BCUT2D eigenvalue weighted by atomic mass is 19.4. The zero-order valence-electron chi connectivity index (χ0n) is 16.2. The summed E-state index contributed by atoms with van der Waals surface area (Å²) in [6.45, 7) is 4.25. The second kappa shape index (κ2) is 8.40. The van der Waals surface area contributed by atoms with Crippen molar-refractivity contribution in [3.63, 3.8) is 0 Å². The van der Waals surface area contributed by atoms with Crippen molar-refractivity contribution in [2.75, 3.05) is 10.6 Å². The van der Waals surface area contributed by atoms with E-state index in [-0.39, 0.29) is 17.2 Å². The van der Waals surface area contributed by atoms with Crippen LogP contribution in [0.25, 0.3) is 0 Å². The summed E-state index contributed by atoms with van der Waals surface area (Å²) in [5.74, 6) is -0.969. The third kappa shape index (κ3) is 4.86. The van der Waals surface area contributed by atoms with Crippen LogP contribution in [-0.2, 0) is 12.7 Å². The van der Waals surface area contributed by atoms with Gasteiger partial charge in [0.05, 0.1) is 16.8 Å². The molecule has 0 atom stereocenters. The van der Waals surface area contributed by atoms with Gasteiger partial charge in [-0.25, -0.2) is 0 Å². The summed E-state index contributed by atoms with van der Waals surface area (Å²) in [5, 5.41) is 9.36. The molecule has 9 heteroatoms. The molecule has 2 amide bonds. The Balaban J connectivity index is 1.74. The van der Waals surface area contributed by atoms with Gasteiger partial charge in [-0.3, -0.25) is 14.3 Å². The number of benzene rings is 2. The molecule has 0 saturated heterocycles. The first-order valence-corrected chi connectivity index (χ1v) is 9.11. The number of nitrogens with zero attached hydrogens (tertiary/aromatic N) is 2. The van der Waals surface area contributed by atoms with Gasteiger partial charge < -0.3 is 10.6 Å². The van der Waals surface area contributed by atoms with Crippen molar-refractivity contribution in [2.45, 2.75) is 26.6 Å². The summed E-state index contributed by atoms with van der Waals surface area (Å²) in [7, 11) is 0. The lowest BCUT2D eigenvalue weighted by atomic mass is 10.1. The van der Waals surface area contributed by atoms with Gasteiger partial charge in [0.15, 0.2) is 0 Å². The third-order valence-electron chi connectivity index (χ3n) is 4.35. The van der Waals surface area contributed by atoms with Crippen LogP contribution in [0.2, 0.25) is 0 Å². The second-order valence-electron chi connectivity index (χ2n) is 6.55. The van der Waals surface area contributed by atoms with Crippen molar-refractivity contribution in [1.29, 1.82) is 0 Å². The second-order valence-corrected chi connectivity index (χ2v) is 6.55. The molecule has 0 bridgehead atoms. The lowest BCUT2D eigenvalue weighted by Crippen LogP contribution is -2.15. The molecule has 3 aromatic rings. The topological polar surface area (TPSA) is 76.0 Å². The number of carbonyl (C=O) groups is 2. The van der Waals surface area contributed by atoms with Crippen molar-refractivity contribution in [2.24, 2.45) is 0 Å². The Morgan fingerprint density at radius 1 is 1.00 bits per heavy atom. The van der Waals surface area contributed by atoms with E-state index in [2.05, 4.69) is 15.7 Å². The van der Waals surface area contributed by atoms with Crippen LogP contribution in [0.4, 0.5) is 24.5 Å². The van der Waals surface area contributed by atoms with Gasteiger partial charge in [-0.15, -0.1) is 0 Å². The number of aromatic nitrogens is 2. The lowest BCUT2D eigenvalue weighted by Gasteiger charge is -2.11. The van der Waals surface area contributed by atoms with Crippen molar-refractivity contribution in [3.8, 4) is 0 Å². The van der Waals surface area contributed by atoms with Gasteiger partial charge in [0, 0.05) is 29.7 Å². The van der Waals surface area contributed by atoms with E-state index >= 15 is 0 Å². The van der Waals surface area contributed by atoms with E-state index in [1.807, 2.05) is 6.92 Å². The number of hydrogen-bond donors (Lipinski definition) is 2. The standard InChI is InChI=1S/C21H19F3N4O2/c1-3-28-12-18(13(2)27-28)20(30)26-16-8-4-6-14(10-16)19(29)25-17-9-5-7-15(11-17)21(22,23)24/h4-12H,3H2,1-2H3,(H,25,29)(H,26,30). The molecule has 156 valence electrons. The molecule has 2 aromatic carbocycles. The number of nitrogens with one attached hydrogen (secondary N) is 2. The first-order valence-electron chi connectivity index (χ1n) is 9.11. The molecule has 0 aliphatic carbocycles. The Bertz CT molecular complexity index is 1090. The fourth-order valence-corrected chi connectivity index (χ4v) is 2.82. The van der Waals surface area contributed by atoms with Crippen LogP contribution < -0.4 is 10.6 Å². The maximum Gasteiger partial charge on any atom is 0.416 e. The fourth-order valence-electron chi connectivity index (χ4n) is 2.82. The Kier molecular flexibility index (Phi) is 5.91. The monoisotopic (exact) mass is 416 g/mol. The molecule has 0 aliphatic heterocycles. The number of rotatable bonds is 5. The average molecular weight is 416 g/mol. The van der Waals surface area contributed by atoms with E-state index in [1.165, 1.54) is 24.3 Å². The summed E-state index contributed by atoms with van der Waals surface area (Å²) >= 11 is 0. The van der Waals surface area contributed by atoms with Gasteiger partial charge in [-0.1, -0.05) is 12.1 Å². The summed E-state index contributed by atoms with van der Waals surface area (Å²) in [6, 6.07) is 10.5. The van der Waals surface area contributed by atoms with Gasteiger partial charge in [-0.05, 0) is 50.2 Å². The van der Waals surface area contributed by atoms with E-state index in [0.717, 1.165) is 12.1 Å². The lowest BCUT2D eigenvalue weighted by molar-refractivity contribution is -0.137. The largest absolute Gasteiger partial charge is 0.416 e. The Morgan fingerprint density at radius 3 is 2.27 bits per heavy atom. The first-order chi connectivity index (χ1) is 14.2. The van der Waals surface area contributed by atoms with E-state index in [0.29, 0.717) is 23.5 Å². The molecule has 2 N–H and O–H groups in total. The number of anilines is 2. The van der Waals surface area contributed by atoms with Crippen molar-refractivity contribution >= 4 is 23.2 Å². The molecule has 1 aromatic heterocycles. The first kappa shape index (κ1) is 21.1. The minimum Gasteiger partial charge on any atom is -0.322 e. The molecule has 0 aliphatic rings.